The molecule has 1 amide bonds. The number of aliphatic hydroxyl groups is 1. The van der Waals surface area contributed by atoms with Gasteiger partial charge in [0.2, 0.25) is 5.90 Å². The average molecular weight is 504 g/mol. The number of hydrogen-bond donors (Lipinski definition) is 2. The summed E-state index contributed by atoms with van der Waals surface area (Å²) < 4.78 is 17.6. The lowest BCUT2D eigenvalue weighted by Crippen LogP contribution is -2.53. The number of carbonyl (C=O) groups is 1. The van der Waals surface area contributed by atoms with Crippen molar-refractivity contribution in [1.29, 1.82) is 0 Å². The Morgan fingerprint density at radius 3 is 2.49 bits per heavy atom. The number of benzene rings is 3. The van der Waals surface area contributed by atoms with Crippen LogP contribution in [0.4, 0.5) is 0 Å². The van der Waals surface area contributed by atoms with Gasteiger partial charge in [-0.05, 0) is 47.5 Å². The molecule has 8 heteroatoms. The first-order valence-electron chi connectivity index (χ1n) is 12.2. The van der Waals surface area contributed by atoms with Crippen LogP contribution < -0.4 is 14.9 Å². The maximum absolute atomic E-state index is 13.9. The lowest BCUT2D eigenvalue weighted by Gasteiger charge is -2.32. The van der Waals surface area contributed by atoms with Crippen molar-refractivity contribution in [1.82, 2.24) is 10.4 Å². The molecule has 3 aromatic carbocycles. The summed E-state index contributed by atoms with van der Waals surface area (Å²) in [6.07, 6.45) is 0.197. The van der Waals surface area contributed by atoms with Gasteiger partial charge in [0.15, 0.2) is 11.6 Å². The molecule has 1 aliphatic heterocycles. The smallest absolute Gasteiger partial charge is 0.266 e. The van der Waals surface area contributed by atoms with Gasteiger partial charge in [-0.1, -0.05) is 42.5 Å². The Bertz CT molecular complexity index is 1210. The van der Waals surface area contributed by atoms with Gasteiger partial charge in [0.1, 0.15) is 11.5 Å². The number of aliphatic imine (C=N–C) groups is 1. The monoisotopic (exact) mass is 503 g/mol. The molecular formula is C29H33N3O5. The number of carbonyl (C=O) groups excluding carboxylic acids is 1. The van der Waals surface area contributed by atoms with E-state index in [4.69, 9.17) is 24.3 Å². The Hall–Kier alpha value is -3.88. The van der Waals surface area contributed by atoms with Gasteiger partial charge in [0.25, 0.3) is 5.91 Å². The molecule has 0 unspecified atom stereocenters. The van der Waals surface area contributed by atoms with Crippen LogP contribution in [-0.2, 0) is 16.0 Å². The van der Waals surface area contributed by atoms with Gasteiger partial charge in [-0.3, -0.25) is 10.2 Å². The largest absolute Gasteiger partial charge is 0.497 e. The molecule has 0 aromatic heterocycles. The summed E-state index contributed by atoms with van der Waals surface area (Å²) in [6, 6.07) is 24.7. The predicted octanol–water partition coefficient (Wildman–Crippen LogP) is 3.55. The highest BCUT2D eigenvalue weighted by Crippen LogP contribution is 2.43. The van der Waals surface area contributed by atoms with E-state index in [1.807, 2.05) is 78.9 Å². The molecule has 0 saturated carbocycles. The molecule has 0 spiro atoms. The highest BCUT2D eigenvalue weighted by molar-refractivity contribution is 6.01. The van der Waals surface area contributed by atoms with Gasteiger partial charge >= 0.3 is 0 Å². The Morgan fingerprint density at radius 1 is 1.05 bits per heavy atom. The summed E-state index contributed by atoms with van der Waals surface area (Å²) in [5.41, 5.74) is 4.12. The molecule has 4 rings (SSSR count). The highest BCUT2D eigenvalue weighted by Gasteiger charge is 2.53. The first-order chi connectivity index (χ1) is 17.9. The standard InChI is InChI=1S/C29H33N3O5/c1-32(2)31-28(34)29(20-21-9-5-4-6-10-21)26(23-11-7-12-25(19-23)35-3)37-27(30-29)22-13-15-24(16-14-22)36-18-8-17-33/h4-7,9-16,19,26,33H,8,17-18,20H2,1-3H3,(H,31,34)/t26-,29-/m0/s1. The summed E-state index contributed by atoms with van der Waals surface area (Å²) in [5.74, 6) is 1.45. The SMILES string of the molecule is COc1cccc([C@@H]2OC(c3ccc(OCCCO)cc3)=N[C@]2(Cc2ccccc2)C(=O)NN(C)C)c1. The normalized spacial score (nSPS) is 18.7. The van der Waals surface area contributed by atoms with Crippen molar-refractivity contribution in [2.75, 3.05) is 34.4 Å². The van der Waals surface area contributed by atoms with Crippen LogP contribution >= 0.6 is 0 Å². The van der Waals surface area contributed by atoms with Crippen molar-refractivity contribution in [3.8, 4) is 11.5 Å². The highest BCUT2D eigenvalue weighted by atomic mass is 16.5. The third-order valence-electron chi connectivity index (χ3n) is 6.07. The molecule has 0 radical (unpaired) electrons. The molecule has 0 saturated heterocycles. The molecule has 3 aromatic rings. The van der Waals surface area contributed by atoms with Crippen molar-refractivity contribution >= 4 is 11.8 Å². The Labute approximate surface area is 217 Å². The molecule has 2 atom stereocenters. The molecular weight excluding hydrogens is 470 g/mol. The minimum absolute atomic E-state index is 0.0763. The number of hydrogen-bond acceptors (Lipinski definition) is 7. The topological polar surface area (TPSA) is 92.6 Å². The maximum Gasteiger partial charge on any atom is 0.266 e. The zero-order valence-corrected chi connectivity index (χ0v) is 21.4. The van der Waals surface area contributed by atoms with Crippen LogP contribution in [0.25, 0.3) is 0 Å². The van der Waals surface area contributed by atoms with E-state index >= 15 is 0 Å². The zero-order valence-electron chi connectivity index (χ0n) is 21.4. The number of ether oxygens (including phenoxy) is 3. The lowest BCUT2D eigenvalue weighted by molar-refractivity contribution is -0.132. The number of nitrogens with one attached hydrogen (secondary N) is 1. The summed E-state index contributed by atoms with van der Waals surface area (Å²) in [5, 5.41) is 10.6. The summed E-state index contributed by atoms with van der Waals surface area (Å²) in [7, 11) is 5.14. The van der Waals surface area contributed by atoms with Crippen molar-refractivity contribution < 1.29 is 24.1 Å². The number of amides is 1. The minimum atomic E-state index is -1.27. The first kappa shape index (κ1) is 26.2. The third-order valence-corrected chi connectivity index (χ3v) is 6.07. The first-order valence-corrected chi connectivity index (χ1v) is 12.2. The van der Waals surface area contributed by atoms with Crippen LogP contribution in [0.3, 0.4) is 0 Å². The Morgan fingerprint density at radius 2 is 1.81 bits per heavy atom. The summed E-state index contributed by atoms with van der Waals surface area (Å²) in [6.45, 7) is 0.503. The fraction of sp³-hybridized carbons (Fsp3) is 0.310. The van der Waals surface area contributed by atoms with Gasteiger partial charge in [0, 0.05) is 39.1 Å². The van der Waals surface area contributed by atoms with E-state index < -0.39 is 11.6 Å². The van der Waals surface area contributed by atoms with Crippen LogP contribution in [-0.4, -0.2) is 61.9 Å². The molecule has 1 heterocycles. The zero-order chi connectivity index (χ0) is 26.3. The van der Waals surface area contributed by atoms with Crippen molar-refractivity contribution in [2.24, 2.45) is 4.99 Å². The van der Waals surface area contributed by atoms with Crippen LogP contribution in [0, 0.1) is 0 Å². The molecule has 1 aliphatic rings. The van der Waals surface area contributed by atoms with Gasteiger partial charge in [-0.25, -0.2) is 10.0 Å². The molecule has 8 nitrogen and oxygen atoms in total. The van der Waals surface area contributed by atoms with Crippen LogP contribution in [0.1, 0.15) is 29.2 Å². The van der Waals surface area contributed by atoms with Crippen LogP contribution in [0.5, 0.6) is 11.5 Å². The second kappa shape index (κ2) is 11.9. The number of methoxy groups -OCH3 is 1. The number of rotatable bonds is 11. The second-order valence-electron chi connectivity index (χ2n) is 9.06. The van der Waals surface area contributed by atoms with Crippen LogP contribution in [0.15, 0.2) is 83.9 Å². The lowest BCUT2D eigenvalue weighted by atomic mass is 9.82. The van der Waals surface area contributed by atoms with Gasteiger partial charge in [0.05, 0.1) is 13.7 Å². The molecule has 37 heavy (non-hydrogen) atoms. The Balaban J connectivity index is 1.78. The predicted molar refractivity (Wildman–Crippen MR) is 142 cm³/mol. The van der Waals surface area contributed by atoms with E-state index in [2.05, 4.69) is 5.43 Å². The number of nitrogens with zero attached hydrogens (tertiary/aromatic N) is 2. The Kier molecular flexibility index (Phi) is 8.43. The minimum Gasteiger partial charge on any atom is -0.497 e. The van der Waals surface area contributed by atoms with E-state index in [0.717, 1.165) is 16.7 Å². The maximum atomic E-state index is 13.9. The summed E-state index contributed by atoms with van der Waals surface area (Å²) in [4.78, 5) is 18.9. The molecule has 2 N–H and O–H groups in total. The van der Waals surface area contributed by atoms with Gasteiger partial charge < -0.3 is 19.3 Å². The number of aliphatic hydroxyl groups excluding tert-OH is 1. The quantitative estimate of drug-likeness (QED) is 0.307. The van der Waals surface area contributed by atoms with Gasteiger partial charge in [-0.2, -0.15) is 0 Å². The van der Waals surface area contributed by atoms with Crippen LogP contribution in [0.2, 0.25) is 0 Å². The third kappa shape index (κ3) is 6.10. The molecule has 0 bridgehead atoms. The fourth-order valence-corrected chi connectivity index (χ4v) is 4.29. The second-order valence-corrected chi connectivity index (χ2v) is 9.06. The van der Waals surface area contributed by atoms with Crippen molar-refractivity contribution in [2.45, 2.75) is 24.5 Å². The van der Waals surface area contributed by atoms with E-state index in [9.17, 15) is 4.79 Å². The average Bonchev–Trinajstić information content (AvgIpc) is 3.30. The fourth-order valence-electron chi connectivity index (χ4n) is 4.29. The summed E-state index contributed by atoms with van der Waals surface area (Å²) >= 11 is 0. The van der Waals surface area contributed by atoms with E-state index in [1.165, 1.54) is 0 Å². The molecule has 0 aliphatic carbocycles. The van der Waals surface area contributed by atoms with E-state index in [1.54, 1.807) is 26.2 Å². The van der Waals surface area contributed by atoms with Crippen molar-refractivity contribution in [3.05, 3.63) is 95.6 Å². The van der Waals surface area contributed by atoms with E-state index in [0.29, 0.717) is 36.8 Å². The molecule has 0 fully saturated rings. The van der Waals surface area contributed by atoms with Gasteiger partial charge in [-0.15, -0.1) is 0 Å². The number of hydrazine groups is 1. The van der Waals surface area contributed by atoms with Crippen molar-refractivity contribution in [3.63, 3.8) is 0 Å². The van der Waals surface area contributed by atoms with E-state index in [-0.39, 0.29) is 12.5 Å². The molecule has 194 valence electrons.